The summed E-state index contributed by atoms with van der Waals surface area (Å²) in [6.07, 6.45) is 14.0. The quantitative estimate of drug-likeness (QED) is 0.455. The lowest BCUT2D eigenvalue weighted by Crippen LogP contribution is -2.53. The molecule has 5 heteroatoms. The Labute approximate surface area is 176 Å². The highest BCUT2D eigenvalue weighted by molar-refractivity contribution is 5.80. The van der Waals surface area contributed by atoms with Crippen LogP contribution in [0.4, 0.5) is 5.69 Å². The van der Waals surface area contributed by atoms with E-state index in [0.717, 1.165) is 38.2 Å². The van der Waals surface area contributed by atoms with Gasteiger partial charge in [0.15, 0.2) is 5.96 Å². The molecule has 1 saturated heterocycles. The van der Waals surface area contributed by atoms with Gasteiger partial charge in [0.1, 0.15) is 0 Å². The lowest BCUT2D eigenvalue weighted by molar-refractivity contribution is 0.115. The fraction of sp³-hybridized carbons (Fsp3) is 0.625. The van der Waals surface area contributed by atoms with Crippen LogP contribution in [0.5, 0.6) is 0 Å². The molecule has 1 saturated carbocycles. The van der Waals surface area contributed by atoms with E-state index in [1.54, 1.807) is 0 Å². The Kier molecular flexibility index (Phi) is 7.09. The molecule has 0 bridgehead atoms. The van der Waals surface area contributed by atoms with Crippen molar-refractivity contribution in [3.8, 4) is 0 Å². The second kappa shape index (κ2) is 10.1. The van der Waals surface area contributed by atoms with Crippen molar-refractivity contribution < 1.29 is 0 Å². The van der Waals surface area contributed by atoms with E-state index in [1.165, 1.54) is 62.7 Å². The Hall–Kier alpha value is -2.01. The second-order valence-electron chi connectivity index (χ2n) is 8.74. The molecule has 5 nitrogen and oxygen atoms in total. The van der Waals surface area contributed by atoms with E-state index in [4.69, 9.17) is 0 Å². The van der Waals surface area contributed by atoms with Crippen LogP contribution < -0.4 is 15.5 Å². The molecule has 0 amide bonds. The summed E-state index contributed by atoms with van der Waals surface area (Å²) in [6.45, 7) is 5.27. The summed E-state index contributed by atoms with van der Waals surface area (Å²) in [7, 11) is 1.88. The lowest BCUT2D eigenvalue weighted by Gasteiger charge is -2.40. The van der Waals surface area contributed by atoms with Crippen molar-refractivity contribution in [1.82, 2.24) is 15.5 Å². The molecular formula is C24H37N5. The molecule has 4 rings (SSSR count). The Balaban J connectivity index is 1.24. The summed E-state index contributed by atoms with van der Waals surface area (Å²) >= 11 is 0. The first kappa shape index (κ1) is 20.3. The van der Waals surface area contributed by atoms with E-state index in [2.05, 4.69) is 61.8 Å². The van der Waals surface area contributed by atoms with Crippen LogP contribution in [0.3, 0.4) is 0 Å². The Morgan fingerprint density at radius 3 is 2.48 bits per heavy atom. The first-order chi connectivity index (χ1) is 14.3. The number of piperidine rings is 1. The molecule has 29 heavy (non-hydrogen) atoms. The van der Waals surface area contributed by atoms with Crippen molar-refractivity contribution in [3.05, 3.63) is 42.0 Å². The summed E-state index contributed by atoms with van der Waals surface area (Å²) < 4.78 is 0. The van der Waals surface area contributed by atoms with Gasteiger partial charge in [-0.3, -0.25) is 9.89 Å². The smallest absolute Gasteiger partial charge is 0.191 e. The van der Waals surface area contributed by atoms with Crippen molar-refractivity contribution >= 4 is 11.6 Å². The van der Waals surface area contributed by atoms with Crippen LogP contribution in [0, 0.1) is 0 Å². The zero-order valence-electron chi connectivity index (χ0n) is 17.9. The minimum atomic E-state index is 0.502. The van der Waals surface area contributed by atoms with E-state index in [0.29, 0.717) is 6.04 Å². The fourth-order valence-electron chi connectivity index (χ4n) is 4.99. The minimum absolute atomic E-state index is 0.502. The van der Waals surface area contributed by atoms with Crippen LogP contribution in [0.25, 0.3) is 0 Å². The number of anilines is 1. The van der Waals surface area contributed by atoms with E-state index in [1.807, 2.05) is 7.05 Å². The number of guanidine groups is 1. The number of hydrogen-bond acceptors (Lipinski definition) is 3. The third-order valence-electron chi connectivity index (χ3n) is 6.69. The van der Waals surface area contributed by atoms with Gasteiger partial charge in [-0.15, -0.1) is 0 Å². The van der Waals surface area contributed by atoms with Crippen LogP contribution in [0.1, 0.15) is 50.5 Å². The van der Waals surface area contributed by atoms with Gasteiger partial charge in [-0.05, 0) is 49.9 Å². The predicted molar refractivity (Wildman–Crippen MR) is 123 cm³/mol. The monoisotopic (exact) mass is 395 g/mol. The third-order valence-corrected chi connectivity index (χ3v) is 6.69. The molecule has 0 radical (unpaired) electrons. The van der Waals surface area contributed by atoms with Gasteiger partial charge in [-0.1, -0.05) is 43.5 Å². The largest absolute Gasteiger partial charge is 0.364 e. The van der Waals surface area contributed by atoms with Gasteiger partial charge in [0, 0.05) is 51.0 Å². The summed E-state index contributed by atoms with van der Waals surface area (Å²) in [6, 6.07) is 10.2. The number of likely N-dealkylation sites (tertiary alicyclic amines) is 1. The number of nitrogens with zero attached hydrogens (tertiary/aromatic N) is 3. The van der Waals surface area contributed by atoms with E-state index in [-0.39, 0.29) is 0 Å². The van der Waals surface area contributed by atoms with Crippen molar-refractivity contribution in [1.29, 1.82) is 0 Å². The molecule has 2 fully saturated rings. The Morgan fingerprint density at radius 1 is 1.00 bits per heavy atom. The summed E-state index contributed by atoms with van der Waals surface area (Å²) in [5.74, 6) is 0.924. The molecule has 1 unspecified atom stereocenters. The molecule has 2 N–H and O–H groups in total. The topological polar surface area (TPSA) is 42.9 Å². The zero-order chi connectivity index (χ0) is 19.9. The third kappa shape index (κ3) is 5.53. The molecule has 1 atom stereocenters. The van der Waals surface area contributed by atoms with Crippen molar-refractivity contribution in [2.24, 2.45) is 4.99 Å². The molecule has 2 aliphatic heterocycles. The highest BCUT2D eigenvalue weighted by atomic mass is 15.2. The lowest BCUT2D eigenvalue weighted by atomic mass is 9.92. The molecule has 3 aliphatic rings. The average molecular weight is 396 g/mol. The van der Waals surface area contributed by atoms with Crippen molar-refractivity contribution in [3.63, 3.8) is 0 Å². The SMILES string of the molecule is CN=C(NCc1ccc(N2CC=CC2)cc1)NC1CCCN(C2CCCCC2)C1. The minimum Gasteiger partial charge on any atom is -0.364 e. The maximum atomic E-state index is 4.47. The summed E-state index contributed by atoms with van der Waals surface area (Å²) in [4.78, 5) is 9.58. The van der Waals surface area contributed by atoms with Crippen molar-refractivity contribution in [2.75, 3.05) is 38.1 Å². The normalized spacial score (nSPS) is 24.1. The average Bonchev–Trinajstić information content (AvgIpc) is 3.33. The van der Waals surface area contributed by atoms with Crippen LogP contribution in [-0.4, -0.2) is 56.2 Å². The van der Waals surface area contributed by atoms with E-state index in [9.17, 15) is 0 Å². The number of benzene rings is 1. The van der Waals surface area contributed by atoms with Gasteiger partial charge >= 0.3 is 0 Å². The molecule has 1 aromatic rings. The highest BCUT2D eigenvalue weighted by Gasteiger charge is 2.27. The van der Waals surface area contributed by atoms with Crippen LogP contribution >= 0.6 is 0 Å². The van der Waals surface area contributed by atoms with Crippen molar-refractivity contribution in [2.45, 2.75) is 63.6 Å². The Morgan fingerprint density at radius 2 is 1.76 bits per heavy atom. The maximum absolute atomic E-state index is 4.47. The van der Waals surface area contributed by atoms with Gasteiger partial charge < -0.3 is 15.5 Å². The summed E-state index contributed by atoms with van der Waals surface area (Å²) in [5.41, 5.74) is 2.59. The summed E-state index contributed by atoms with van der Waals surface area (Å²) in [5, 5.41) is 7.19. The zero-order valence-corrected chi connectivity index (χ0v) is 17.9. The molecule has 158 valence electrons. The van der Waals surface area contributed by atoms with Gasteiger partial charge in [0.2, 0.25) is 0 Å². The molecule has 1 aliphatic carbocycles. The second-order valence-corrected chi connectivity index (χ2v) is 8.74. The maximum Gasteiger partial charge on any atom is 0.191 e. The fourth-order valence-corrected chi connectivity index (χ4v) is 4.99. The molecule has 2 heterocycles. The number of hydrogen-bond donors (Lipinski definition) is 2. The Bertz CT molecular complexity index is 682. The highest BCUT2D eigenvalue weighted by Crippen LogP contribution is 2.25. The number of rotatable bonds is 5. The first-order valence-electron chi connectivity index (χ1n) is 11.5. The van der Waals surface area contributed by atoms with Crippen LogP contribution in [-0.2, 0) is 6.54 Å². The van der Waals surface area contributed by atoms with E-state index >= 15 is 0 Å². The van der Waals surface area contributed by atoms with Crippen LogP contribution in [0.15, 0.2) is 41.4 Å². The van der Waals surface area contributed by atoms with Gasteiger partial charge in [-0.2, -0.15) is 0 Å². The standard InChI is InChI=1S/C24H37N5/c1-25-24(26-18-20-11-13-23(14-12-20)28-15-5-6-16-28)27-21-8-7-17-29(19-21)22-9-3-2-4-10-22/h5-6,11-14,21-22H,2-4,7-10,15-19H2,1H3,(H2,25,26,27). The number of nitrogens with one attached hydrogen (secondary N) is 2. The molecule has 0 aromatic heterocycles. The van der Waals surface area contributed by atoms with Gasteiger partial charge in [0.25, 0.3) is 0 Å². The van der Waals surface area contributed by atoms with E-state index < -0.39 is 0 Å². The van der Waals surface area contributed by atoms with Gasteiger partial charge in [-0.25, -0.2) is 0 Å². The molecule has 0 spiro atoms. The van der Waals surface area contributed by atoms with Gasteiger partial charge in [0.05, 0.1) is 0 Å². The molecule has 1 aromatic carbocycles. The van der Waals surface area contributed by atoms with Crippen LogP contribution in [0.2, 0.25) is 0 Å². The number of aliphatic imine (C=N–C) groups is 1. The predicted octanol–water partition coefficient (Wildman–Crippen LogP) is 3.52. The first-order valence-corrected chi connectivity index (χ1v) is 11.5. The molecular weight excluding hydrogens is 358 g/mol.